The van der Waals surface area contributed by atoms with Crippen molar-refractivity contribution >= 4 is 27.5 Å². The van der Waals surface area contributed by atoms with E-state index < -0.39 is 5.60 Å². The van der Waals surface area contributed by atoms with Crippen LogP contribution in [-0.2, 0) is 4.79 Å². The van der Waals surface area contributed by atoms with E-state index in [0.717, 1.165) is 10.2 Å². The van der Waals surface area contributed by atoms with Crippen LogP contribution in [-0.4, -0.2) is 35.4 Å². The zero-order valence-corrected chi connectivity index (χ0v) is 11.7. The highest BCUT2D eigenvalue weighted by molar-refractivity contribution is 9.10. The number of hydrogen-bond donors (Lipinski definition) is 2. The summed E-state index contributed by atoms with van der Waals surface area (Å²) in [5.41, 5.74) is -0.233. The van der Waals surface area contributed by atoms with Gasteiger partial charge in [-0.2, -0.15) is 0 Å². The van der Waals surface area contributed by atoms with Crippen LogP contribution in [0.2, 0.25) is 0 Å². The molecular weight excluding hydrogens is 298 g/mol. The number of rotatable bonds is 3. The normalized spacial score (nSPS) is 26.6. The van der Waals surface area contributed by atoms with Gasteiger partial charge in [0.2, 0.25) is 5.91 Å². The van der Waals surface area contributed by atoms with E-state index in [4.69, 9.17) is 5.11 Å². The van der Waals surface area contributed by atoms with Gasteiger partial charge < -0.3 is 15.1 Å². The molecule has 5 heteroatoms. The number of hydrogen-bond acceptors (Lipinski definition) is 3. The first-order chi connectivity index (χ1) is 8.45. The maximum absolute atomic E-state index is 12.1. The number of carbonyl (C=O) groups excluding carboxylic acids is 1. The molecule has 4 nitrogen and oxygen atoms in total. The molecule has 1 aromatic carbocycles. The first-order valence-corrected chi connectivity index (χ1v) is 6.61. The molecule has 1 aliphatic carbocycles. The summed E-state index contributed by atoms with van der Waals surface area (Å²) in [4.78, 5) is 13.7. The Bertz CT molecular complexity index is 440. The fraction of sp³-hybridized carbons (Fsp3) is 0.462. The highest BCUT2D eigenvalue weighted by Gasteiger charge is 2.46. The molecule has 98 valence electrons. The smallest absolute Gasteiger partial charge is 0.230 e. The molecule has 0 bridgehead atoms. The Morgan fingerprint density at radius 1 is 1.44 bits per heavy atom. The Morgan fingerprint density at radius 3 is 2.50 bits per heavy atom. The predicted octanol–water partition coefficient (Wildman–Crippen LogP) is 1.55. The zero-order valence-electron chi connectivity index (χ0n) is 10.1. The summed E-state index contributed by atoms with van der Waals surface area (Å²) in [5.74, 6) is -0.216. The molecule has 0 atom stereocenters. The maximum atomic E-state index is 12.1. The summed E-state index contributed by atoms with van der Waals surface area (Å²) in [6, 6.07) is 7.48. The van der Waals surface area contributed by atoms with Crippen LogP contribution >= 0.6 is 15.9 Å². The highest BCUT2D eigenvalue weighted by atomic mass is 79.9. The van der Waals surface area contributed by atoms with E-state index in [-0.39, 0.29) is 18.4 Å². The van der Waals surface area contributed by atoms with Crippen molar-refractivity contribution in [1.82, 2.24) is 0 Å². The second kappa shape index (κ2) is 4.99. The van der Waals surface area contributed by atoms with Crippen molar-refractivity contribution in [1.29, 1.82) is 0 Å². The lowest BCUT2D eigenvalue weighted by molar-refractivity contribution is -0.144. The van der Waals surface area contributed by atoms with Crippen LogP contribution < -0.4 is 4.90 Å². The van der Waals surface area contributed by atoms with Crippen molar-refractivity contribution in [2.45, 2.75) is 18.4 Å². The van der Waals surface area contributed by atoms with E-state index >= 15 is 0 Å². The van der Waals surface area contributed by atoms with Gasteiger partial charge in [0.1, 0.15) is 0 Å². The summed E-state index contributed by atoms with van der Waals surface area (Å²) in [6.45, 7) is -0.279. The Labute approximate surface area is 114 Å². The predicted molar refractivity (Wildman–Crippen MR) is 72.3 cm³/mol. The zero-order chi connectivity index (χ0) is 13.3. The number of amides is 1. The topological polar surface area (TPSA) is 60.8 Å². The van der Waals surface area contributed by atoms with Crippen LogP contribution in [0, 0.1) is 5.92 Å². The molecule has 0 aromatic heterocycles. The molecule has 1 amide bonds. The third-order valence-corrected chi connectivity index (χ3v) is 3.97. The minimum atomic E-state index is -1.05. The van der Waals surface area contributed by atoms with Crippen LogP contribution in [0.15, 0.2) is 28.7 Å². The molecule has 0 saturated heterocycles. The van der Waals surface area contributed by atoms with Gasteiger partial charge in [0.15, 0.2) is 0 Å². The molecule has 1 fully saturated rings. The van der Waals surface area contributed by atoms with Crippen LogP contribution in [0.4, 0.5) is 5.69 Å². The van der Waals surface area contributed by atoms with E-state index in [2.05, 4.69) is 15.9 Å². The van der Waals surface area contributed by atoms with Crippen LogP contribution in [0.25, 0.3) is 0 Å². The van der Waals surface area contributed by atoms with Gasteiger partial charge in [0.05, 0.1) is 12.2 Å². The number of aliphatic hydroxyl groups excluding tert-OH is 1. The van der Waals surface area contributed by atoms with Crippen molar-refractivity contribution in [3.63, 3.8) is 0 Å². The molecule has 0 radical (unpaired) electrons. The third-order valence-electron chi connectivity index (χ3n) is 3.44. The molecule has 0 spiro atoms. The number of benzene rings is 1. The van der Waals surface area contributed by atoms with Gasteiger partial charge in [0, 0.05) is 23.1 Å². The second-order valence-electron chi connectivity index (χ2n) is 4.86. The summed E-state index contributed by atoms with van der Waals surface area (Å²) in [6.07, 6.45) is 0.673. The van der Waals surface area contributed by atoms with Gasteiger partial charge in [-0.15, -0.1) is 0 Å². The van der Waals surface area contributed by atoms with Crippen LogP contribution in [0.1, 0.15) is 12.8 Å². The second-order valence-corrected chi connectivity index (χ2v) is 5.78. The van der Waals surface area contributed by atoms with E-state index in [0.29, 0.717) is 12.8 Å². The molecular formula is C13H16BrNO3. The fourth-order valence-electron chi connectivity index (χ4n) is 2.23. The number of carbonyl (C=O) groups is 1. The lowest BCUT2D eigenvalue weighted by Gasteiger charge is -2.42. The summed E-state index contributed by atoms with van der Waals surface area (Å²) in [7, 11) is 1.72. The number of nitrogens with zero attached hydrogens (tertiary/aromatic N) is 1. The van der Waals surface area contributed by atoms with Gasteiger partial charge in [-0.25, -0.2) is 0 Å². The van der Waals surface area contributed by atoms with Crippen molar-refractivity contribution < 1.29 is 15.0 Å². The molecule has 0 unspecified atom stereocenters. The molecule has 2 rings (SSSR count). The third kappa shape index (κ3) is 2.58. The Kier molecular flexibility index (Phi) is 3.75. The summed E-state index contributed by atoms with van der Waals surface area (Å²) < 4.78 is 0.963. The first-order valence-electron chi connectivity index (χ1n) is 5.81. The van der Waals surface area contributed by atoms with Gasteiger partial charge in [-0.05, 0) is 37.1 Å². The standard InChI is InChI=1S/C13H16BrNO3/c1-15(11-4-2-10(14)3-5-11)12(17)9-6-13(18,7-9)8-16/h2-5,9,16,18H,6-8H2,1H3. The summed E-state index contributed by atoms with van der Waals surface area (Å²) >= 11 is 3.35. The lowest BCUT2D eigenvalue weighted by Crippen LogP contribution is -2.52. The molecule has 1 aliphatic rings. The average Bonchev–Trinajstić information content (AvgIpc) is 2.34. The number of halogens is 1. The highest BCUT2D eigenvalue weighted by Crippen LogP contribution is 2.39. The van der Waals surface area contributed by atoms with Crippen molar-refractivity contribution in [3.8, 4) is 0 Å². The van der Waals surface area contributed by atoms with E-state index in [1.54, 1.807) is 11.9 Å². The van der Waals surface area contributed by atoms with Gasteiger partial charge in [-0.3, -0.25) is 4.79 Å². The number of aliphatic hydroxyl groups is 2. The minimum Gasteiger partial charge on any atom is -0.393 e. The fourth-order valence-corrected chi connectivity index (χ4v) is 2.49. The van der Waals surface area contributed by atoms with E-state index in [1.165, 1.54) is 0 Å². The van der Waals surface area contributed by atoms with Gasteiger partial charge in [0.25, 0.3) is 0 Å². The van der Waals surface area contributed by atoms with Crippen molar-refractivity contribution in [3.05, 3.63) is 28.7 Å². The molecule has 2 N–H and O–H groups in total. The van der Waals surface area contributed by atoms with Crippen molar-refractivity contribution in [2.75, 3.05) is 18.6 Å². The summed E-state index contributed by atoms with van der Waals surface area (Å²) in [5, 5.41) is 18.7. The van der Waals surface area contributed by atoms with Gasteiger partial charge in [-0.1, -0.05) is 15.9 Å². The average molecular weight is 314 g/mol. The van der Waals surface area contributed by atoms with E-state index in [1.807, 2.05) is 24.3 Å². The monoisotopic (exact) mass is 313 g/mol. The lowest BCUT2D eigenvalue weighted by atomic mass is 9.70. The van der Waals surface area contributed by atoms with Gasteiger partial charge >= 0.3 is 0 Å². The first kappa shape index (κ1) is 13.5. The van der Waals surface area contributed by atoms with E-state index in [9.17, 15) is 9.90 Å². The van der Waals surface area contributed by atoms with Crippen LogP contribution in [0.5, 0.6) is 0 Å². The minimum absolute atomic E-state index is 0.0181. The Balaban J connectivity index is 2.00. The van der Waals surface area contributed by atoms with Crippen LogP contribution in [0.3, 0.4) is 0 Å². The Hall–Kier alpha value is -0.910. The SMILES string of the molecule is CN(C(=O)C1CC(O)(CO)C1)c1ccc(Br)cc1. The quantitative estimate of drug-likeness (QED) is 0.890. The Morgan fingerprint density at radius 2 is 2.00 bits per heavy atom. The number of anilines is 1. The molecule has 1 aromatic rings. The maximum Gasteiger partial charge on any atom is 0.230 e. The molecule has 0 aliphatic heterocycles. The molecule has 1 saturated carbocycles. The largest absolute Gasteiger partial charge is 0.393 e. The molecule has 0 heterocycles. The molecule has 18 heavy (non-hydrogen) atoms. The van der Waals surface area contributed by atoms with Crippen molar-refractivity contribution in [2.24, 2.45) is 5.92 Å².